The van der Waals surface area contributed by atoms with Crippen molar-refractivity contribution in [2.75, 3.05) is 17.6 Å². The molecule has 0 saturated carbocycles. The maximum absolute atomic E-state index is 13.4. The van der Waals surface area contributed by atoms with Gasteiger partial charge in [0.1, 0.15) is 18.7 Å². The summed E-state index contributed by atoms with van der Waals surface area (Å²) in [6, 6.07) is 4.30. The molecule has 0 aliphatic carbocycles. The SMILES string of the molecule is C=CS(=O)(=O)CCCCCC(=O)NC(C(=O)N[C@H](CCCCNC(N)=O)C(=O)Nc1ccc(COC(=O)C(C)(C)CC)cc1)C(C)C. The Bertz CT molecular complexity index is 1310. The van der Waals surface area contributed by atoms with Gasteiger partial charge in [0.15, 0.2) is 9.84 Å². The number of rotatable bonds is 22. The maximum Gasteiger partial charge on any atom is 0.312 e. The van der Waals surface area contributed by atoms with Gasteiger partial charge in [-0.1, -0.05) is 45.9 Å². The van der Waals surface area contributed by atoms with E-state index in [1.807, 2.05) is 20.8 Å². The number of anilines is 1. The van der Waals surface area contributed by atoms with E-state index in [0.717, 1.165) is 11.0 Å². The Hall–Kier alpha value is -3.94. The molecule has 1 unspecified atom stereocenters. The van der Waals surface area contributed by atoms with E-state index in [4.69, 9.17) is 10.5 Å². The zero-order valence-electron chi connectivity index (χ0n) is 28.4. The Morgan fingerprint density at radius 1 is 0.957 bits per heavy atom. The molecule has 2 atom stereocenters. The topological polar surface area (TPSA) is 203 Å². The zero-order chi connectivity index (χ0) is 35.6. The predicted octanol–water partition coefficient (Wildman–Crippen LogP) is 3.69. The summed E-state index contributed by atoms with van der Waals surface area (Å²) in [5.41, 5.74) is 5.75. The van der Waals surface area contributed by atoms with Gasteiger partial charge in [0, 0.05) is 24.1 Å². The van der Waals surface area contributed by atoms with Gasteiger partial charge < -0.3 is 31.7 Å². The summed E-state index contributed by atoms with van der Waals surface area (Å²) in [5.74, 6) is -1.96. The van der Waals surface area contributed by atoms with Crippen molar-refractivity contribution in [3.8, 4) is 0 Å². The average Bonchev–Trinajstić information content (AvgIpc) is 3.01. The monoisotopic (exact) mass is 679 g/mol. The number of carbonyl (C=O) groups is 5. The van der Waals surface area contributed by atoms with Crippen molar-refractivity contribution >= 4 is 45.2 Å². The van der Waals surface area contributed by atoms with Crippen molar-refractivity contribution in [1.29, 1.82) is 0 Å². The second kappa shape index (κ2) is 20.3. The van der Waals surface area contributed by atoms with E-state index in [-0.39, 0.29) is 43.0 Å². The third kappa shape index (κ3) is 16.4. The van der Waals surface area contributed by atoms with Crippen molar-refractivity contribution < 1.29 is 37.1 Å². The van der Waals surface area contributed by atoms with Crippen LogP contribution in [-0.2, 0) is 40.4 Å². The molecule has 0 radical (unpaired) electrons. The molecule has 0 spiro atoms. The number of benzene rings is 1. The van der Waals surface area contributed by atoms with Crippen LogP contribution in [0.4, 0.5) is 10.5 Å². The van der Waals surface area contributed by atoms with Crippen LogP contribution in [0.5, 0.6) is 0 Å². The molecule has 0 heterocycles. The minimum Gasteiger partial charge on any atom is -0.460 e. The molecule has 13 nitrogen and oxygen atoms in total. The van der Waals surface area contributed by atoms with Gasteiger partial charge >= 0.3 is 12.0 Å². The quantitative estimate of drug-likeness (QED) is 0.0901. The average molecular weight is 680 g/mol. The van der Waals surface area contributed by atoms with Gasteiger partial charge in [-0.3, -0.25) is 19.2 Å². The number of primary amides is 1. The molecule has 0 fully saturated rings. The molecule has 1 rings (SSSR count). The number of hydrogen-bond donors (Lipinski definition) is 5. The summed E-state index contributed by atoms with van der Waals surface area (Å²) in [6.07, 6.45) is 3.39. The molecule has 0 aromatic heterocycles. The number of unbranched alkanes of at least 4 members (excludes halogenated alkanes) is 3. The summed E-state index contributed by atoms with van der Waals surface area (Å²) < 4.78 is 28.5. The number of ether oxygens (including phenoxy) is 1. The van der Waals surface area contributed by atoms with Crippen molar-refractivity contribution in [3.63, 3.8) is 0 Å². The largest absolute Gasteiger partial charge is 0.460 e. The van der Waals surface area contributed by atoms with E-state index in [0.29, 0.717) is 50.8 Å². The highest BCUT2D eigenvalue weighted by atomic mass is 32.2. The Balaban J connectivity index is 2.87. The number of urea groups is 1. The Labute approximate surface area is 279 Å². The second-order valence-corrected chi connectivity index (χ2v) is 14.5. The van der Waals surface area contributed by atoms with Crippen LogP contribution in [0.25, 0.3) is 0 Å². The van der Waals surface area contributed by atoms with Crippen LogP contribution in [0.1, 0.15) is 91.5 Å². The van der Waals surface area contributed by atoms with Gasteiger partial charge in [0.25, 0.3) is 0 Å². The molecule has 5 amide bonds. The van der Waals surface area contributed by atoms with E-state index in [1.54, 1.807) is 38.1 Å². The highest BCUT2D eigenvalue weighted by Crippen LogP contribution is 2.22. The van der Waals surface area contributed by atoms with Crippen LogP contribution in [-0.4, -0.2) is 62.5 Å². The number of nitrogens with two attached hydrogens (primary N) is 1. The lowest BCUT2D eigenvalue weighted by Gasteiger charge is -2.25. The highest BCUT2D eigenvalue weighted by Gasteiger charge is 2.29. The molecular formula is C33H53N5O8S. The molecular weight excluding hydrogens is 626 g/mol. The van der Waals surface area contributed by atoms with Crippen LogP contribution in [0, 0.1) is 11.3 Å². The Morgan fingerprint density at radius 3 is 2.19 bits per heavy atom. The van der Waals surface area contributed by atoms with Gasteiger partial charge in [-0.2, -0.15) is 0 Å². The van der Waals surface area contributed by atoms with E-state index in [1.165, 1.54) is 0 Å². The van der Waals surface area contributed by atoms with Crippen LogP contribution >= 0.6 is 0 Å². The van der Waals surface area contributed by atoms with Crippen LogP contribution in [0.15, 0.2) is 36.3 Å². The highest BCUT2D eigenvalue weighted by molar-refractivity contribution is 7.94. The molecule has 0 saturated heterocycles. The summed E-state index contributed by atoms with van der Waals surface area (Å²) in [5, 5.41) is 11.7. The standard InChI is InChI=1S/C33H53N5O8S/c1-7-33(5,6)31(42)46-22-24-16-18-25(19-17-24)36-29(40)26(14-11-12-20-35-32(34)43)37-30(41)28(23(3)4)38-27(39)15-10-9-13-21-47(44,45)8-2/h8,16-19,23,26,28H,2,7,9-15,20-22H2,1,3-6H3,(H,36,40)(H,37,41)(H,38,39)(H3,34,35,43)/t26-,28?/m1/s1. The lowest BCUT2D eigenvalue weighted by Crippen LogP contribution is -2.54. The summed E-state index contributed by atoms with van der Waals surface area (Å²) in [7, 11) is -3.29. The van der Waals surface area contributed by atoms with Gasteiger partial charge in [-0.05, 0) is 76.0 Å². The van der Waals surface area contributed by atoms with Crippen molar-refractivity contribution in [3.05, 3.63) is 41.8 Å². The predicted molar refractivity (Wildman–Crippen MR) is 182 cm³/mol. The minimum atomic E-state index is -3.29. The zero-order valence-corrected chi connectivity index (χ0v) is 29.2. The van der Waals surface area contributed by atoms with E-state index >= 15 is 0 Å². The number of esters is 1. The molecule has 0 bridgehead atoms. The maximum atomic E-state index is 13.4. The first kappa shape index (κ1) is 41.1. The summed E-state index contributed by atoms with van der Waals surface area (Å²) >= 11 is 0. The molecule has 1 aromatic carbocycles. The fourth-order valence-corrected chi connectivity index (χ4v) is 5.02. The minimum absolute atomic E-state index is 0.0334. The van der Waals surface area contributed by atoms with E-state index in [9.17, 15) is 32.4 Å². The molecule has 0 aliphatic heterocycles. The normalized spacial score (nSPS) is 12.8. The summed E-state index contributed by atoms with van der Waals surface area (Å²) in [6.45, 7) is 12.8. The molecule has 0 aliphatic rings. The smallest absolute Gasteiger partial charge is 0.312 e. The third-order valence-electron chi connectivity index (χ3n) is 7.73. The third-order valence-corrected chi connectivity index (χ3v) is 9.10. The first-order chi connectivity index (χ1) is 22.0. The van der Waals surface area contributed by atoms with Crippen molar-refractivity contribution in [2.45, 2.75) is 105 Å². The molecule has 47 heavy (non-hydrogen) atoms. The van der Waals surface area contributed by atoms with Gasteiger partial charge in [0.05, 0.1) is 11.2 Å². The molecule has 1 aromatic rings. The summed E-state index contributed by atoms with van der Waals surface area (Å²) in [4.78, 5) is 62.6. The van der Waals surface area contributed by atoms with Gasteiger partial charge in [-0.25, -0.2) is 13.2 Å². The number of carbonyl (C=O) groups excluding carboxylic acids is 5. The van der Waals surface area contributed by atoms with Gasteiger partial charge in [-0.15, -0.1) is 0 Å². The fourth-order valence-electron chi connectivity index (χ4n) is 4.25. The number of hydrogen-bond acceptors (Lipinski definition) is 8. The van der Waals surface area contributed by atoms with Crippen LogP contribution in [0.2, 0.25) is 0 Å². The first-order valence-electron chi connectivity index (χ1n) is 16.1. The van der Waals surface area contributed by atoms with Crippen LogP contribution < -0.4 is 27.0 Å². The number of nitrogens with one attached hydrogen (secondary N) is 4. The Morgan fingerprint density at radius 2 is 1.62 bits per heavy atom. The van der Waals surface area contributed by atoms with E-state index in [2.05, 4.69) is 27.8 Å². The van der Waals surface area contributed by atoms with E-state index < -0.39 is 45.2 Å². The molecule has 14 heteroatoms. The lowest BCUT2D eigenvalue weighted by molar-refractivity contribution is -0.155. The molecule has 6 N–H and O–H groups in total. The number of sulfone groups is 1. The van der Waals surface area contributed by atoms with Crippen molar-refractivity contribution in [1.82, 2.24) is 16.0 Å². The molecule has 264 valence electrons. The fraction of sp³-hybridized carbons (Fsp3) is 0.606. The van der Waals surface area contributed by atoms with Gasteiger partial charge in [0.2, 0.25) is 17.7 Å². The van der Waals surface area contributed by atoms with Crippen LogP contribution in [0.3, 0.4) is 0 Å². The van der Waals surface area contributed by atoms with Crippen molar-refractivity contribution in [2.24, 2.45) is 17.1 Å². The number of amides is 5. The lowest BCUT2D eigenvalue weighted by atomic mass is 9.91. The second-order valence-electron chi connectivity index (χ2n) is 12.5. The first-order valence-corrected chi connectivity index (χ1v) is 17.8. The Kier molecular flexibility index (Phi) is 17.8.